The van der Waals surface area contributed by atoms with Gasteiger partial charge < -0.3 is 10.4 Å². The van der Waals surface area contributed by atoms with Gasteiger partial charge in [-0.3, -0.25) is 4.79 Å². The summed E-state index contributed by atoms with van der Waals surface area (Å²) in [5, 5.41) is 12.5. The summed E-state index contributed by atoms with van der Waals surface area (Å²) in [6.45, 7) is 1.84. The second-order valence-electron chi connectivity index (χ2n) is 3.53. The van der Waals surface area contributed by atoms with Crippen LogP contribution in [0.25, 0.3) is 0 Å². The van der Waals surface area contributed by atoms with Gasteiger partial charge in [-0.2, -0.15) is 0 Å². The van der Waals surface area contributed by atoms with Gasteiger partial charge in [-0.15, -0.1) is 0 Å². The number of halogens is 3. The number of allylic oxidation sites excluding steroid dienone is 2. The molecule has 98 valence electrons. The van der Waals surface area contributed by atoms with Crippen LogP contribution in [0.3, 0.4) is 0 Å². The molecule has 0 fully saturated rings. The van der Waals surface area contributed by atoms with Crippen molar-refractivity contribution >= 4 is 46.3 Å². The number of anilines is 1. The van der Waals surface area contributed by atoms with E-state index in [2.05, 4.69) is 5.32 Å². The van der Waals surface area contributed by atoms with Gasteiger partial charge in [-0.05, 0) is 18.6 Å². The average molecular weight is 309 g/mol. The minimum absolute atomic E-state index is 0.0817. The van der Waals surface area contributed by atoms with Crippen molar-refractivity contribution < 1.29 is 9.90 Å². The van der Waals surface area contributed by atoms with E-state index in [0.717, 1.165) is 0 Å². The van der Waals surface area contributed by atoms with Gasteiger partial charge in [0, 0.05) is 11.8 Å². The molecule has 0 bridgehead atoms. The molecule has 0 atom stereocenters. The molecule has 0 aliphatic rings. The van der Waals surface area contributed by atoms with Crippen molar-refractivity contribution in [2.45, 2.75) is 17.1 Å². The van der Waals surface area contributed by atoms with Crippen molar-refractivity contribution in [2.75, 3.05) is 5.32 Å². The number of hydrogen-bond donors (Lipinski definition) is 2. The van der Waals surface area contributed by atoms with Crippen LogP contribution in [0.2, 0.25) is 0 Å². The molecular weight excluding hydrogens is 296 g/mol. The number of ketones is 1. The van der Waals surface area contributed by atoms with Crippen LogP contribution in [-0.4, -0.2) is 14.7 Å². The van der Waals surface area contributed by atoms with Crippen LogP contribution in [0.4, 0.5) is 5.69 Å². The summed E-state index contributed by atoms with van der Waals surface area (Å²) < 4.78 is -1.97. The highest BCUT2D eigenvalue weighted by molar-refractivity contribution is 6.77. The van der Waals surface area contributed by atoms with Gasteiger partial charge in [-0.1, -0.05) is 53.9 Å². The first-order valence-corrected chi connectivity index (χ1v) is 6.34. The maximum atomic E-state index is 11.5. The predicted octanol–water partition coefficient (Wildman–Crippen LogP) is 4.04. The van der Waals surface area contributed by atoms with Gasteiger partial charge in [0.15, 0.2) is 0 Å². The Morgan fingerprint density at radius 3 is 2.50 bits per heavy atom. The number of phenols is 1. The van der Waals surface area contributed by atoms with Gasteiger partial charge in [0.2, 0.25) is 5.78 Å². The lowest BCUT2D eigenvalue weighted by atomic mass is 10.2. The number of para-hydroxylation sites is 2. The molecule has 0 radical (unpaired) electrons. The lowest BCUT2D eigenvalue weighted by molar-refractivity contribution is -0.113. The molecule has 0 saturated carbocycles. The molecule has 3 nitrogen and oxygen atoms in total. The quantitative estimate of drug-likeness (QED) is 0.501. The molecule has 1 aromatic carbocycles. The van der Waals surface area contributed by atoms with Crippen LogP contribution in [0, 0.1) is 0 Å². The largest absolute Gasteiger partial charge is 0.506 e. The zero-order valence-corrected chi connectivity index (χ0v) is 11.9. The van der Waals surface area contributed by atoms with E-state index < -0.39 is 9.58 Å². The van der Waals surface area contributed by atoms with Crippen LogP contribution in [-0.2, 0) is 4.79 Å². The molecule has 0 heterocycles. The summed E-state index contributed by atoms with van der Waals surface area (Å²) in [6.07, 6.45) is 1.75. The van der Waals surface area contributed by atoms with E-state index in [1.165, 1.54) is 12.1 Å². The van der Waals surface area contributed by atoms with Crippen molar-refractivity contribution in [2.24, 2.45) is 0 Å². The van der Waals surface area contributed by atoms with Gasteiger partial charge in [0.1, 0.15) is 5.75 Å². The molecular formula is C12H12Cl3NO2. The molecule has 0 saturated heterocycles. The van der Waals surface area contributed by atoms with E-state index in [4.69, 9.17) is 34.8 Å². The number of phenolic OH excluding ortho intramolecular Hbond substituents is 1. The van der Waals surface area contributed by atoms with E-state index in [0.29, 0.717) is 17.8 Å². The molecule has 0 aliphatic heterocycles. The second-order valence-corrected chi connectivity index (χ2v) is 5.81. The molecule has 0 spiro atoms. The zero-order valence-electron chi connectivity index (χ0n) is 9.58. The van der Waals surface area contributed by atoms with Crippen LogP contribution in [0.1, 0.15) is 13.3 Å². The van der Waals surface area contributed by atoms with Gasteiger partial charge >= 0.3 is 0 Å². The number of nitrogens with one attached hydrogen (secondary N) is 1. The molecule has 1 aromatic rings. The van der Waals surface area contributed by atoms with Gasteiger partial charge in [-0.25, -0.2) is 0 Å². The summed E-state index contributed by atoms with van der Waals surface area (Å²) in [6, 6.07) is 6.67. The first-order valence-electron chi connectivity index (χ1n) is 5.21. The summed E-state index contributed by atoms with van der Waals surface area (Å²) >= 11 is 16.4. The third-order valence-corrected chi connectivity index (χ3v) is 2.72. The minimum atomic E-state index is -1.97. The van der Waals surface area contributed by atoms with Gasteiger partial charge in [0.05, 0.1) is 5.69 Å². The Labute approximate surface area is 120 Å². The third-order valence-electron chi connectivity index (χ3n) is 2.16. The average Bonchev–Trinajstić information content (AvgIpc) is 2.29. The number of aromatic hydroxyl groups is 1. The Morgan fingerprint density at radius 2 is 2.00 bits per heavy atom. The van der Waals surface area contributed by atoms with E-state index in [1.807, 2.05) is 6.92 Å². The number of rotatable bonds is 4. The number of hydrogen-bond acceptors (Lipinski definition) is 3. The van der Waals surface area contributed by atoms with Crippen molar-refractivity contribution in [3.05, 3.63) is 36.0 Å². The highest BCUT2D eigenvalue weighted by Gasteiger charge is 2.28. The van der Waals surface area contributed by atoms with E-state index >= 15 is 0 Å². The fourth-order valence-corrected chi connectivity index (χ4v) is 1.38. The summed E-state index contributed by atoms with van der Waals surface area (Å²) in [5.41, 5.74) is 1.04. The maximum absolute atomic E-state index is 11.5. The fraction of sp³-hybridized carbons (Fsp3) is 0.250. The van der Waals surface area contributed by atoms with Crippen molar-refractivity contribution in [3.8, 4) is 5.75 Å². The molecule has 0 amide bonds. The molecule has 1 rings (SSSR count). The lowest BCUT2D eigenvalue weighted by Gasteiger charge is -2.12. The first kappa shape index (κ1) is 15.2. The molecule has 2 N–H and O–H groups in total. The van der Waals surface area contributed by atoms with Crippen molar-refractivity contribution in [1.29, 1.82) is 0 Å². The predicted molar refractivity (Wildman–Crippen MR) is 75.4 cm³/mol. The topological polar surface area (TPSA) is 49.3 Å². The first-order chi connectivity index (χ1) is 8.34. The number of carbonyl (C=O) groups is 1. The smallest absolute Gasteiger partial charge is 0.252 e. The molecule has 0 aromatic heterocycles. The molecule has 6 heteroatoms. The summed E-state index contributed by atoms with van der Waals surface area (Å²) in [5.74, 6) is -0.551. The second kappa shape index (κ2) is 6.32. The molecule has 0 aliphatic carbocycles. The van der Waals surface area contributed by atoms with Crippen LogP contribution < -0.4 is 5.32 Å². The van der Waals surface area contributed by atoms with Crippen molar-refractivity contribution in [3.63, 3.8) is 0 Å². The van der Waals surface area contributed by atoms with E-state index in [9.17, 15) is 9.90 Å². The Hall–Kier alpha value is -0.900. The normalized spacial score (nSPS) is 12.3. The van der Waals surface area contributed by atoms with Crippen LogP contribution >= 0.6 is 34.8 Å². The monoisotopic (exact) mass is 307 g/mol. The molecule has 0 unspecified atom stereocenters. The number of benzene rings is 1. The Bertz CT molecular complexity index is 467. The Kier molecular flexibility index (Phi) is 5.32. The number of alkyl halides is 3. The highest BCUT2D eigenvalue weighted by atomic mass is 35.6. The van der Waals surface area contributed by atoms with Crippen molar-refractivity contribution in [1.82, 2.24) is 0 Å². The Balaban J connectivity index is 2.90. The standard InChI is InChI=1S/C12H12Cl3NO2/c1-2-8(7-11(18)12(13,14)15)16-9-5-3-4-6-10(9)17/h3-7,16-17H,2H2,1H3/b8-7-. The highest BCUT2D eigenvalue weighted by Crippen LogP contribution is 2.29. The maximum Gasteiger partial charge on any atom is 0.252 e. The molecule has 18 heavy (non-hydrogen) atoms. The lowest BCUT2D eigenvalue weighted by Crippen LogP contribution is -2.17. The van der Waals surface area contributed by atoms with E-state index in [1.54, 1.807) is 18.2 Å². The van der Waals surface area contributed by atoms with Crippen LogP contribution in [0.5, 0.6) is 5.75 Å². The summed E-state index contributed by atoms with van der Waals surface area (Å²) in [4.78, 5) is 11.5. The van der Waals surface area contributed by atoms with Crippen LogP contribution in [0.15, 0.2) is 36.0 Å². The van der Waals surface area contributed by atoms with E-state index in [-0.39, 0.29) is 5.75 Å². The third kappa shape index (κ3) is 4.41. The fourth-order valence-electron chi connectivity index (χ4n) is 1.22. The minimum Gasteiger partial charge on any atom is -0.506 e. The summed E-state index contributed by atoms with van der Waals surface area (Å²) in [7, 11) is 0. The number of carbonyl (C=O) groups excluding carboxylic acids is 1. The Morgan fingerprint density at radius 1 is 1.39 bits per heavy atom. The zero-order chi connectivity index (χ0) is 13.8. The van der Waals surface area contributed by atoms with Gasteiger partial charge in [0.25, 0.3) is 3.79 Å². The SMILES string of the molecule is CC/C(=C/C(=O)C(Cl)(Cl)Cl)Nc1ccccc1O.